The molecule has 0 saturated heterocycles. The van der Waals surface area contributed by atoms with E-state index in [4.69, 9.17) is 0 Å². The van der Waals surface area contributed by atoms with Crippen LogP contribution in [0.25, 0.3) is 0 Å². The van der Waals surface area contributed by atoms with Crippen LogP contribution in [0.3, 0.4) is 0 Å². The molecule has 6 heteroatoms. The highest BCUT2D eigenvalue weighted by Gasteiger charge is 2.25. The molecule has 2 aromatic rings. The molecule has 1 atom stereocenters. The molecular weight excluding hydrogens is 288 g/mol. The van der Waals surface area contributed by atoms with Gasteiger partial charge in [-0.15, -0.1) is 10.2 Å². The number of fused-ring (bicyclic) bond motifs is 1. The standard InChI is InChI=1S/C17H24N6/c1-3-16-22-21-12-23(16)9-8-19-17(18-2)20-11-14-10-13-6-4-5-7-15(13)14/h4-7,12,14H,3,8-11H2,1-2H3,(H2,18,19,20). The van der Waals surface area contributed by atoms with Gasteiger partial charge in [-0.3, -0.25) is 4.99 Å². The Morgan fingerprint density at radius 1 is 1.35 bits per heavy atom. The minimum atomic E-state index is 0.592. The van der Waals surface area contributed by atoms with Crippen molar-refractivity contribution in [3.63, 3.8) is 0 Å². The van der Waals surface area contributed by atoms with Crippen molar-refractivity contribution in [2.45, 2.75) is 32.2 Å². The number of aromatic nitrogens is 3. The van der Waals surface area contributed by atoms with Gasteiger partial charge in [-0.05, 0) is 17.5 Å². The minimum absolute atomic E-state index is 0.592. The van der Waals surface area contributed by atoms with E-state index in [1.807, 2.05) is 0 Å². The van der Waals surface area contributed by atoms with Gasteiger partial charge in [0.25, 0.3) is 0 Å². The van der Waals surface area contributed by atoms with Crippen molar-refractivity contribution >= 4 is 5.96 Å². The topological polar surface area (TPSA) is 67.1 Å². The van der Waals surface area contributed by atoms with E-state index >= 15 is 0 Å². The molecule has 0 spiro atoms. The quantitative estimate of drug-likeness (QED) is 0.624. The van der Waals surface area contributed by atoms with Crippen molar-refractivity contribution in [2.75, 3.05) is 20.1 Å². The molecular formula is C17H24N6. The summed E-state index contributed by atoms with van der Waals surface area (Å²) >= 11 is 0. The number of hydrogen-bond donors (Lipinski definition) is 2. The number of rotatable bonds is 6. The Balaban J connectivity index is 1.43. The molecule has 1 aliphatic rings. The highest BCUT2D eigenvalue weighted by molar-refractivity contribution is 5.79. The van der Waals surface area contributed by atoms with Gasteiger partial charge < -0.3 is 15.2 Å². The predicted molar refractivity (Wildman–Crippen MR) is 91.7 cm³/mol. The Morgan fingerprint density at radius 2 is 2.22 bits per heavy atom. The van der Waals surface area contributed by atoms with Crippen LogP contribution in [0.4, 0.5) is 0 Å². The van der Waals surface area contributed by atoms with Gasteiger partial charge in [0.05, 0.1) is 0 Å². The van der Waals surface area contributed by atoms with E-state index in [2.05, 4.69) is 61.6 Å². The van der Waals surface area contributed by atoms with Crippen LogP contribution in [-0.2, 0) is 19.4 Å². The van der Waals surface area contributed by atoms with E-state index in [9.17, 15) is 0 Å². The number of nitrogens with one attached hydrogen (secondary N) is 2. The Labute approximate surface area is 137 Å². The fourth-order valence-electron chi connectivity index (χ4n) is 3.02. The lowest BCUT2D eigenvalue weighted by Gasteiger charge is -2.30. The lowest BCUT2D eigenvalue weighted by molar-refractivity contribution is 0.578. The first-order valence-corrected chi connectivity index (χ1v) is 8.20. The number of nitrogens with zero attached hydrogens (tertiary/aromatic N) is 4. The molecule has 0 aliphatic heterocycles. The SMILES string of the molecule is CCc1nncn1CCNC(=NC)NCC1Cc2ccccc21. The van der Waals surface area contributed by atoms with E-state index in [0.717, 1.165) is 44.3 Å². The molecule has 3 rings (SSSR count). The summed E-state index contributed by atoms with van der Waals surface area (Å²) in [5.74, 6) is 2.45. The van der Waals surface area contributed by atoms with Crippen LogP contribution < -0.4 is 10.6 Å². The number of aryl methyl sites for hydroxylation is 1. The summed E-state index contributed by atoms with van der Waals surface area (Å²) < 4.78 is 2.07. The second kappa shape index (κ2) is 7.26. The first-order valence-electron chi connectivity index (χ1n) is 8.20. The Hall–Kier alpha value is -2.37. The normalized spacial score (nSPS) is 16.6. The molecule has 0 radical (unpaired) electrons. The fraction of sp³-hybridized carbons (Fsp3) is 0.471. The smallest absolute Gasteiger partial charge is 0.191 e. The zero-order chi connectivity index (χ0) is 16.1. The van der Waals surface area contributed by atoms with Crippen molar-refractivity contribution in [3.8, 4) is 0 Å². The average molecular weight is 312 g/mol. The van der Waals surface area contributed by atoms with Crippen molar-refractivity contribution in [1.82, 2.24) is 25.4 Å². The van der Waals surface area contributed by atoms with Gasteiger partial charge in [0.2, 0.25) is 0 Å². The fourth-order valence-corrected chi connectivity index (χ4v) is 3.02. The molecule has 0 saturated carbocycles. The Morgan fingerprint density at radius 3 is 3.00 bits per heavy atom. The van der Waals surface area contributed by atoms with E-state index < -0.39 is 0 Å². The number of guanidine groups is 1. The molecule has 1 aliphatic carbocycles. The third kappa shape index (κ3) is 3.52. The maximum atomic E-state index is 4.29. The summed E-state index contributed by atoms with van der Waals surface area (Å²) in [6, 6.07) is 8.66. The van der Waals surface area contributed by atoms with Crippen LogP contribution >= 0.6 is 0 Å². The van der Waals surface area contributed by atoms with Crippen LogP contribution in [0.1, 0.15) is 29.8 Å². The first kappa shape index (κ1) is 15.5. The second-order valence-corrected chi connectivity index (χ2v) is 5.77. The number of benzene rings is 1. The molecule has 1 aromatic carbocycles. The zero-order valence-corrected chi connectivity index (χ0v) is 13.8. The summed E-state index contributed by atoms with van der Waals surface area (Å²) in [6.45, 7) is 4.64. The van der Waals surface area contributed by atoms with Crippen LogP contribution in [0.15, 0.2) is 35.6 Å². The Bertz CT molecular complexity index is 675. The van der Waals surface area contributed by atoms with Gasteiger partial charge in [-0.1, -0.05) is 31.2 Å². The predicted octanol–water partition coefficient (Wildman–Crippen LogP) is 1.35. The van der Waals surface area contributed by atoms with Crippen LogP contribution in [0.5, 0.6) is 0 Å². The van der Waals surface area contributed by atoms with Gasteiger partial charge in [0.1, 0.15) is 12.2 Å². The highest BCUT2D eigenvalue weighted by atomic mass is 15.3. The lowest BCUT2D eigenvalue weighted by atomic mass is 9.78. The summed E-state index contributed by atoms with van der Waals surface area (Å²) in [5.41, 5.74) is 2.94. The van der Waals surface area contributed by atoms with Crippen molar-refractivity contribution < 1.29 is 0 Å². The molecule has 122 valence electrons. The summed E-state index contributed by atoms with van der Waals surface area (Å²) in [7, 11) is 1.81. The maximum Gasteiger partial charge on any atom is 0.191 e. The van der Waals surface area contributed by atoms with E-state index in [-0.39, 0.29) is 0 Å². The molecule has 2 N–H and O–H groups in total. The first-order chi connectivity index (χ1) is 11.3. The second-order valence-electron chi connectivity index (χ2n) is 5.77. The Kier molecular flexibility index (Phi) is 4.90. The van der Waals surface area contributed by atoms with E-state index in [0.29, 0.717) is 5.92 Å². The third-order valence-corrected chi connectivity index (χ3v) is 4.36. The van der Waals surface area contributed by atoms with Crippen molar-refractivity contribution in [3.05, 3.63) is 47.5 Å². The van der Waals surface area contributed by atoms with Gasteiger partial charge in [0.15, 0.2) is 5.96 Å². The summed E-state index contributed by atoms with van der Waals surface area (Å²) in [5, 5.41) is 14.8. The summed E-state index contributed by atoms with van der Waals surface area (Å²) in [4.78, 5) is 4.29. The van der Waals surface area contributed by atoms with Crippen molar-refractivity contribution in [2.24, 2.45) is 4.99 Å². The van der Waals surface area contributed by atoms with Crippen LogP contribution in [-0.4, -0.2) is 40.9 Å². The molecule has 6 nitrogen and oxygen atoms in total. The summed E-state index contributed by atoms with van der Waals surface area (Å²) in [6.07, 6.45) is 3.83. The molecule has 23 heavy (non-hydrogen) atoms. The van der Waals surface area contributed by atoms with Crippen LogP contribution in [0, 0.1) is 0 Å². The highest BCUT2D eigenvalue weighted by Crippen LogP contribution is 2.33. The van der Waals surface area contributed by atoms with E-state index in [1.165, 1.54) is 11.1 Å². The maximum absolute atomic E-state index is 4.29. The van der Waals surface area contributed by atoms with Crippen LogP contribution in [0.2, 0.25) is 0 Å². The monoisotopic (exact) mass is 312 g/mol. The molecule has 0 fully saturated rings. The number of hydrogen-bond acceptors (Lipinski definition) is 3. The molecule has 1 unspecified atom stereocenters. The molecule has 0 amide bonds. The largest absolute Gasteiger partial charge is 0.356 e. The van der Waals surface area contributed by atoms with Gasteiger partial charge in [-0.2, -0.15) is 0 Å². The lowest BCUT2D eigenvalue weighted by Crippen LogP contribution is -2.42. The van der Waals surface area contributed by atoms with Gasteiger partial charge >= 0.3 is 0 Å². The molecule has 0 bridgehead atoms. The number of aliphatic imine (C=N–C) groups is 1. The van der Waals surface area contributed by atoms with Gasteiger partial charge in [-0.25, -0.2) is 0 Å². The molecule has 1 aromatic heterocycles. The van der Waals surface area contributed by atoms with Crippen molar-refractivity contribution in [1.29, 1.82) is 0 Å². The minimum Gasteiger partial charge on any atom is -0.356 e. The zero-order valence-electron chi connectivity index (χ0n) is 13.8. The van der Waals surface area contributed by atoms with E-state index in [1.54, 1.807) is 13.4 Å². The van der Waals surface area contributed by atoms with Gasteiger partial charge in [0, 0.05) is 39.0 Å². The third-order valence-electron chi connectivity index (χ3n) is 4.36. The molecule has 1 heterocycles. The average Bonchev–Trinajstić information content (AvgIpc) is 3.01.